The van der Waals surface area contributed by atoms with Crippen molar-refractivity contribution in [3.8, 4) is 0 Å². The van der Waals surface area contributed by atoms with E-state index >= 15 is 0 Å². The molecule has 76 valence electrons. The van der Waals surface area contributed by atoms with Crippen LogP contribution < -0.4 is 16.8 Å². The molecule has 1 heterocycles. The van der Waals surface area contributed by atoms with Gasteiger partial charge in [-0.15, -0.1) is 0 Å². The molecule has 1 amide bonds. The number of hydrogen-bond acceptors (Lipinski definition) is 4. The van der Waals surface area contributed by atoms with E-state index in [1.54, 1.807) is 0 Å². The minimum atomic E-state index is -0.257. The third-order valence-electron chi connectivity index (χ3n) is 2.36. The first-order chi connectivity index (χ1) is 6.25. The lowest BCUT2D eigenvalue weighted by molar-refractivity contribution is -0.123. The SMILES string of the molecule is NCCC(C(N)=O)N1CCNCC1. The van der Waals surface area contributed by atoms with E-state index in [9.17, 15) is 4.79 Å². The Morgan fingerprint density at radius 1 is 1.46 bits per heavy atom. The first-order valence-corrected chi connectivity index (χ1v) is 4.70. The summed E-state index contributed by atoms with van der Waals surface area (Å²) >= 11 is 0. The molecule has 0 aliphatic carbocycles. The molecule has 1 aliphatic heterocycles. The minimum Gasteiger partial charge on any atom is -0.368 e. The van der Waals surface area contributed by atoms with Gasteiger partial charge in [0.2, 0.25) is 5.91 Å². The molecule has 13 heavy (non-hydrogen) atoms. The number of carbonyl (C=O) groups excluding carboxylic acids is 1. The molecule has 1 aliphatic rings. The normalized spacial score (nSPS) is 21.3. The highest BCUT2D eigenvalue weighted by Gasteiger charge is 2.23. The van der Waals surface area contributed by atoms with Crippen molar-refractivity contribution in [2.75, 3.05) is 32.7 Å². The Balaban J connectivity index is 2.46. The van der Waals surface area contributed by atoms with E-state index in [2.05, 4.69) is 10.2 Å². The molecule has 1 saturated heterocycles. The summed E-state index contributed by atoms with van der Waals surface area (Å²) in [5.41, 5.74) is 10.7. The van der Waals surface area contributed by atoms with Crippen molar-refractivity contribution in [3.05, 3.63) is 0 Å². The molecule has 1 fully saturated rings. The molecule has 0 aromatic carbocycles. The highest BCUT2D eigenvalue weighted by atomic mass is 16.1. The van der Waals surface area contributed by atoms with E-state index < -0.39 is 0 Å². The van der Waals surface area contributed by atoms with Crippen LogP contribution >= 0.6 is 0 Å². The number of primary amides is 1. The van der Waals surface area contributed by atoms with Gasteiger partial charge in [0.1, 0.15) is 0 Å². The fraction of sp³-hybridized carbons (Fsp3) is 0.875. The zero-order valence-electron chi connectivity index (χ0n) is 7.83. The third kappa shape index (κ3) is 2.95. The molecular formula is C8H18N4O. The van der Waals surface area contributed by atoms with E-state index in [-0.39, 0.29) is 11.9 Å². The Morgan fingerprint density at radius 2 is 2.08 bits per heavy atom. The van der Waals surface area contributed by atoms with Gasteiger partial charge in [0.05, 0.1) is 6.04 Å². The Kier molecular flexibility index (Phi) is 4.14. The molecule has 5 nitrogen and oxygen atoms in total. The molecule has 0 aromatic rings. The van der Waals surface area contributed by atoms with Gasteiger partial charge in [-0.05, 0) is 13.0 Å². The van der Waals surface area contributed by atoms with Crippen LogP contribution in [-0.4, -0.2) is 49.6 Å². The lowest BCUT2D eigenvalue weighted by atomic mass is 10.1. The Hall–Kier alpha value is -0.650. The first-order valence-electron chi connectivity index (χ1n) is 4.70. The van der Waals surface area contributed by atoms with Crippen molar-refractivity contribution in [2.24, 2.45) is 11.5 Å². The number of nitrogens with two attached hydrogens (primary N) is 2. The van der Waals surface area contributed by atoms with Crippen molar-refractivity contribution >= 4 is 5.91 Å². The van der Waals surface area contributed by atoms with Gasteiger partial charge in [-0.3, -0.25) is 9.69 Å². The van der Waals surface area contributed by atoms with Crippen LogP contribution in [0.3, 0.4) is 0 Å². The Labute approximate surface area is 78.4 Å². The predicted molar refractivity (Wildman–Crippen MR) is 51.1 cm³/mol. The van der Waals surface area contributed by atoms with Crippen molar-refractivity contribution in [1.82, 2.24) is 10.2 Å². The summed E-state index contributed by atoms with van der Waals surface area (Å²) < 4.78 is 0. The smallest absolute Gasteiger partial charge is 0.234 e. The maximum Gasteiger partial charge on any atom is 0.234 e. The summed E-state index contributed by atoms with van der Waals surface area (Å²) in [7, 11) is 0. The van der Waals surface area contributed by atoms with Gasteiger partial charge in [-0.25, -0.2) is 0 Å². The topological polar surface area (TPSA) is 84.4 Å². The zero-order valence-corrected chi connectivity index (χ0v) is 7.83. The minimum absolute atomic E-state index is 0.174. The van der Waals surface area contributed by atoms with Crippen molar-refractivity contribution in [2.45, 2.75) is 12.5 Å². The quantitative estimate of drug-likeness (QED) is 0.478. The van der Waals surface area contributed by atoms with Gasteiger partial charge in [0, 0.05) is 26.2 Å². The van der Waals surface area contributed by atoms with E-state index in [1.807, 2.05) is 0 Å². The lowest BCUT2D eigenvalue weighted by Gasteiger charge is -2.32. The highest BCUT2D eigenvalue weighted by molar-refractivity contribution is 5.79. The summed E-state index contributed by atoms with van der Waals surface area (Å²) in [6.45, 7) is 4.13. The number of piperazine rings is 1. The number of nitrogens with one attached hydrogen (secondary N) is 1. The van der Waals surface area contributed by atoms with Crippen LogP contribution in [0.2, 0.25) is 0 Å². The average Bonchev–Trinajstić information content (AvgIpc) is 2.15. The van der Waals surface area contributed by atoms with Gasteiger partial charge < -0.3 is 16.8 Å². The Morgan fingerprint density at radius 3 is 2.54 bits per heavy atom. The van der Waals surface area contributed by atoms with Crippen LogP contribution in [0.1, 0.15) is 6.42 Å². The molecule has 5 N–H and O–H groups in total. The van der Waals surface area contributed by atoms with Crippen LogP contribution in [-0.2, 0) is 4.79 Å². The van der Waals surface area contributed by atoms with Crippen molar-refractivity contribution in [3.63, 3.8) is 0 Å². The van der Waals surface area contributed by atoms with E-state index in [0.717, 1.165) is 26.2 Å². The second-order valence-corrected chi connectivity index (χ2v) is 3.28. The Bertz CT molecular complexity index is 168. The monoisotopic (exact) mass is 186 g/mol. The second kappa shape index (κ2) is 5.16. The van der Waals surface area contributed by atoms with Crippen LogP contribution in [0, 0.1) is 0 Å². The lowest BCUT2D eigenvalue weighted by Crippen LogP contribution is -2.53. The van der Waals surface area contributed by atoms with Gasteiger partial charge in [-0.1, -0.05) is 0 Å². The van der Waals surface area contributed by atoms with Gasteiger partial charge >= 0.3 is 0 Å². The number of rotatable bonds is 4. The largest absolute Gasteiger partial charge is 0.368 e. The molecule has 1 unspecified atom stereocenters. The summed E-state index contributed by atoms with van der Waals surface area (Å²) in [4.78, 5) is 13.2. The average molecular weight is 186 g/mol. The number of hydrogen-bond donors (Lipinski definition) is 3. The van der Waals surface area contributed by atoms with E-state index in [4.69, 9.17) is 11.5 Å². The summed E-state index contributed by atoms with van der Waals surface area (Å²) in [5.74, 6) is -0.257. The number of nitrogens with zero attached hydrogens (tertiary/aromatic N) is 1. The molecule has 1 rings (SSSR count). The second-order valence-electron chi connectivity index (χ2n) is 3.28. The zero-order chi connectivity index (χ0) is 9.68. The number of carbonyl (C=O) groups is 1. The standard InChI is InChI=1S/C8H18N4O/c9-2-1-7(8(10)13)12-5-3-11-4-6-12/h7,11H,1-6,9H2,(H2,10,13). The maximum absolute atomic E-state index is 11.1. The summed E-state index contributed by atoms with van der Waals surface area (Å²) in [6.07, 6.45) is 0.662. The molecule has 0 aromatic heterocycles. The van der Waals surface area contributed by atoms with Crippen LogP contribution in [0.5, 0.6) is 0 Å². The summed E-state index contributed by atoms with van der Waals surface area (Å²) in [5, 5.41) is 3.23. The summed E-state index contributed by atoms with van der Waals surface area (Å²) in [6, 6.07) is -0.174. The number of amides is 1. The molecule has 0 radical (unpaired) electrons. The maximum atomic E-state index is 11.1. The molecular weight excluding hydrogens is 168 g/mol. The fourth-order valence-corrected chi connectivity index (χ4v) is 1.66. The first kappa shape index (κ1) is 10.4. The van der Waals surface area contributed by atoms with E-state index in [1.165, 1.54) is 0 Å². The molecule has 0 spiro atoms. The van der Waals surface area contributed by atoms with Crippen molar-refractivity contribution in [1.29, 1.82) is 0 Å². The van der Waals surface area contributed by atoms with Crippen LogP contribution in [0.4, 0.5) is 0 Å². The third-order valence-corrected chi connectivity index (χ3v) is 2.36. The van der Waals surface area contributed by atoms with Gasteiger partial charge in [0.25, 0.3) is 0 Å². The van der Waals surface area contributed by atoms with Crippen LogP contribution in [0.15, 0.2) is 0 Å². The van der Waals surface area contributed by atoms with Crippen molar-refractivity contribution < 1.29 is 4.79 Å². The fourth-order valence-electron chi connectivity index (χ4n) is 1.66. The molecule has 1 atom stereocenters. The van der Waals surface area contributed by atoms with Gasteiger partial charge in [0.15, 0.2) is 0 Å². The molecule has 0 saturated carbocycles. The molecule has 5 heteroatoms. The van der Waals surface area contributed by atoms with Crippen LogP contribution in [0.25, 0.3) is 0 Å². The van der Waals surface area contributed by atoms with E-state index in [0.29, 0.717) is 13.0 Å². The molecule has 0 bridgehead atoms. The highest BCUT2D eigenvalue weighted by Crippen LogP contribution is 2.04. The van der Waals surface area contributed by atoms with Gasteiger partial charge in [-0.2, -0.15) is 0 Å². The predicted octanol–water partition coefficient (Wildman–Crippen LogP) is -1.91.